The molecule has 0 atom stereocenters. The van der Waals surface area contributed by atoms with E-state index in [-0.39, 0.29) is 0 Å². The Balaban J connectivity index is 3.45. The first-order valence-corrected chi connectivity index (χ1v) is 3.95. The van der Waals surface area contributed by atoms with Crippen LogP contribution in [0.1, 0.15) is 10.4 Å². The van der Waals surface area contributed by atoms with Gasteiger partial charge in [0.15, 0.2) is 29.1 Å². The van der Waals surface area contributed by atoms with Crippen LogP contribution < -0.4 is 0 Å². The van der Waals surface area contributed by atoms with Gasteiger partial charge in [0, 0.05) is 7.11 Å². The number of hydrogen-bond acceptors (Lipinski definition) is 2. The zero-order chi connectivity index (χ0) is 12.5. The second kappa shape index (κ2) is 4.56. The number of halogens is 5. The highest BCUT2D eigenvalue weighted by Gasteiger charge is 2.29. The molecule has 0 saturated heterocycles. The fourth-order valence-corrected chi connectivity index (χ4v) is 1.05. The largest absolute Gasteiger partial charge is 0.377 e. The first kappa shape index (κ1) is 12.6. The van der Waals surface area contributed by atoms with Gasteiger partial charge in [0.05, 0.1) is 5.56 Å². The summed E-state index contributed by atoms with van der Waals surface area (Å²) in [5.74, 6) is -12.2. The molecule has 0 spiro atoms. The van der Waals surface area contributed by atoms with E-state index in [0.29, 0.717) is 0 Å². The van der Waals surface area contributed by atoms with E-state index in [1.165, 1.54) is 0 Å². The van der Waals surface area contributed by atoms with Crippen LogP contribution in [-0.2, 0) is 4.74 Å². The molecule has 0 aliphatic heterocycles. The standard InChI is InChI=1S/C9H5F5O2/c1-16-2-3(15)4-5(10)7(12)9(14)8(13)6(4)11/h2H2,1H3. The van der Waals surface area contributed by atoms with Gasteiger partial charge >= 0.3 is 0 Å². The molecule has 88 valence electrons. The van der Waals surface area contributed by atoms with Gasteiger partial charge in [0.2, 0.25) is 5.82 Å². The van der Waals surface area contributed by atoms with Crippen molar-refractivity contribution in [1.29, 1.82) is 0 Å². The summed E-state index contributed by atoms with van der Waals surface area (Å²) in [6.45, 7) is -0.779. The minimum Gasteiger partial charge on any atom is -0.377 e. The lowest BCUT2D eigenvalue weighted by molar-refractivity contribution is 0.0836. The van der Waals surface area contributed by atoms with Crippen molar-refractivity contribution in [3.8, 4) is 0 Å². The lowest BCUT2D eigenvalue weighted by Gasteiger charge is -2.06. The van der Waals surface area contributed by atoms with E-state index in [9.17, 15) is 26.7 Å². The van der Waals surface area contributed by atoms with Crippen LogP contribution in [0.4, 0.5) is 22.0 Å². The van der Waals surface area contributed by atoms with Gasteiger partial charge in [-0.05, 0) is 0 Å². The van der Waals surface area contributed by atoms with Crippen LogP contribution in [-0.4, -0.2) is 19.5 Å². The molecule has 7 heteroatoms. The third-order valence-electron chi connectivity index (χ3n) is 1.76. The third-order valence-corrected chi connectivity index (χ3v) is 1.76. The SMILES string of the molecule is COCC(=O)c1c(F)c(F)c(F)c(F)c1F. The molecule has 0 heterocycles. The van der Waals surface area contributed by atoms with E-state index >= 15 is 0 Å². The Labute approximate surface area is 86.6 Å². The molecule has 0 unspecified atom stereocenters. The van der Waals surface area contributed by atoms with Crippen LogP contribution in [0.15, 0.2) is 0 Å². The maximum absolute atomic E-state index is 13.0. The normalized spacial score (nSPS) is 10.6. The predicted molar refractivity (Wildman–Crippen MR) is 42.4 cm³/mol. The van der Waals surface area contributed by atoms with Crippen molar-refractivity contribution in [2.24, 2.45) is 0 Å². The van der Waals surface area contributed by atoms with Crippen molar-refractivity contribution in [1.82, 2.24) is 0 Å². The number of benzene rings is 1. The van der Waals surface area contributed by atoms with E-state index in [4.69, 9.17) is 0 Å². The van der Waals surface area contributed by atoms with E-state index in [1.54, 1.807) is 0 Å². The third kappa shape index (κ3) is 1.90. The van der Waals surface area contributed by atoms with Gasteiger partial charge in [-0.15, -0.1) is 0 Å². The smallest absolute Gasteiger partial charge is 0.200 e. The summed E-state index contributed by atoms with van der Waals surface area (Å²) in [5.41, 5.74) is -1.49. The van der Waals surface area contributed by atoms with E-state index in [1.807, 2.05) is 0 Å². The number of Topliss-reactive ketones (excluding diaryl/α,β-unsaturated/α-hetero) is 1. The highest BCUT2D eigenvalue weighted by atomic mass is 19.2. The molecule has 0 amide bonds. The quantitative estimate of drug-likeness (QED) is 0.350. The number of ether oxygens (including phenoxy) is 1. The van der Waals surface area contributed by atoms with Crippen LogP contribution >= 0.6 is 0 Å². The van der Waals surface area contributed by atoms with Crippen molar-refractivity contribution in [3.63, 3.8) is 0 Å². The van der Waals surface area contributed by atoms with Crippen LogP contribution in [0.2, 0.25) is 0 Å². The van der Waals surface area contributed by atoms with Gasteiger partial charge in [0.1, 0.15) is 6.61 Å². The average molecular weight is 240 g/mol. The molecule has 0 aliphatic carbocycles. The molecular weight excluding hydrogens is 235 g/mol. The van der Waals surface area contributed by atoms with Gasteiger partial charge in [-0.1, -0.05) is 0 Å². The zero-order valence-corrected chi connectivity index (χ0v) is 7.91. The number of methoxy groups -OCH3 is 1. The maximum Gasteiger partial charge on any atom is 0.200 e. The van der Waals surface area contributed by atoms with Gasteiger partial charge < -0.3 is 4.74 Å². The first-order chi connectivity index (χ1) is 7.41. The van der Waals surface area contributed by atoms with Crippen LogP contribution in [0.25, 0.3) is 0 Å². The fourth-order valence-electron chi connectivity index (χ4n) is 1.05. The highest BCUT2D eigenvalue weighted by Crippen LogP contribution is 2.23. The van der Waals surface area contributed by atoms with Crippen LogP contribution in [0.3, 0.4) is 0 Å². The molecule has 2 nitrogen and oxygen atoms in total. The number of ketones is 1. The number of carbonyl (C=O) groups is 1. The fraction of sp³-hybridized carbons (Fsp3) is 0.222. The summed E-state index contributed by atoms with van der Waals surface area (Å²) in [7, 11) is 1.05. The lowest BCUT2D eigenvalue weighted by Crippen LogP contribution is -2.16. The minimum atomic E-state index is -2.30. The topological polar surface area (TPSA) is 26.3 Å². The Hall–Kier alpha value is -1.50. The van der Waals surface area contributed by atoms with Crippen LogP contribution in [0, 0.1) is 29.1 Å². The summed E-state index contributed by atoms with van der Waals surface area (Å²) < 4.78 is 68.1. The van der Waals surface area contributed by atoms with Crippen molar-refractivity contribution < 1.29 is 31.5 Å². The van der Waals surface area contributed by atoms with E-state index < -0.39 is 47.0 Å². The number of carbonyl (C=O) groups excluding carboxylic acids is 1. The summed E-state index contributed by atoms with van der Waals surface area (Å²) in [4.78, 5) is 11.0. The summed E-state index contributed by atoms with van der Waals surface area (Å²) in [5, 5.41) is 0. The van der Waals surface area contributed by atoms with Crippen molar-refractivity contribution >= 4 is 5.78 Å². The Bertz CT molecular complexity index is 415. The maximum atomic E-state index is 13.0. The molecule has 1 rings (SSSR count). The molecule has 0 aliphatic rings. The van der Waals surface area contributed by atoms with Crippen LogP contribution in [0.5, 0.6) is 0 Å². The molecule has 16 heavy (non-hydrogen) atoms. The molecule has 0 radical (unpaired) electrons. The van der Waals surface area contributed by atoms with Gasteiger partial charge in [-0.25, -0.2) is 22.0 Å². The minimum absolute atomic E-state index is 0.779. The summed E-state index contributed by atoms with van der Waals surface area (Å²) >= 11 is 0. The molecule has 0 saturated carbocycles. The highest BCUT2D eigenvalue weighted by molar-refractivity contribution is 5.97. The predicted octanol–water partition coefficient (Wildman–Crippen LogP) is 2.21. The Morgan fingerprint density at radius 3 is 1.69 bits per heavy atom. The molecule has 0 aromatic heterocycles. The second-order valence-corrected chi connectivity index (χ2v) is 2.80. The average Bonchev–Trinajstić information content (AvgIpc) is 2.24. The van der Waals surface area contributed by atoms with Gasteiger partial charge in [-0.2, -0.15) is 0 Å². The van der Waals surface area contributed by atoms with Crippen molar-refractivity contribution in [2.45, 2.75) is 0 Å². The molecule has 0 fully saturated rings. The van der Waals surface area contributed by atoms with Crippen molar-refractivity contribution in [3.05, 3.63) is 34.6 Å². The molecule has 0 bridgehead atoms. The number of hydrogen-bond donors (Lipinski definition) is 0. The van der Waals surface area contributed by atoms with E-state index in [0.717, 1.165) is 7.11 Å². The van der Waals surface area contributed by atoms with E-state index in [2.05, 4.69) is 4.74 Å². The zero-order valence-electron chi connectivity index (χ0n) is 7.91. The Kier molecular flexibility index (Phi) is 3.58. The molecule has 1 aromatic rings. The second-order valence-electron chi connectivity index (χ2n) is 2.80. The number of rotatable bonds is 3. The monoisotopic (exact) mass is 240 g/mol. The molecule has 1 aromatic carbocycles. The van der Waals surface area contributed by atoms with Gasteiger partial charge in [-0.3, -0.25) is 4.79 Å². The molecule has 0 N–H and O–H groups in total. The Morgan fingerprint density at radius 2 is 1.31 bits per heavy atom. The summed E-state index contributed by atoms with van der Waals surface area (Å²) in [6, 6.07) is 0. The summed E-state index contributed by atoms with van der Waals surface area (Å²) in [6.07, 6.45) is 0. The molecular formula is C9H5F5O2. The van der Waals surface area contributed by atoms with Gasteiger partial charge in [0.25, 0.3) is 0 Å². The van der Waals surface area contributed by atoms with Crippen molar-refractivity contribution in [2.75, 3.05) is 13.7 Å². The lowest BCUT2D eigenvalue weighted by atomic mass is 10.1. The Morgan fingerprint density at radius 1 is 0.938 bits per heavy atom. The first-order valence-electron chi connectivity index (χ1n) is 3.95.